The third kappa shape index (κ3) is 2.14. The summed E-state index contributed by atoms with van der Waals surface area (Å²) in [4.78, 5) is 12.7. The molecule has 0 spiro atoms. The van der Waals surface area contributed by atoms with Crippen LogP contribution in [0.4, 0.5) is 0 Å². The molecule has 2 unspecified atom stereocenters. The standard InChI is InChI=1S/C16H16N2O2/c1-10(11(8-17)9-18)14-15(19)12-6-4-5-7-13(12)20-16(14,2)3/h4-7,10-11,14H,1-3H3. The van der Waals surface area contributed by atoms with E-state index in [0.717, 1.165) is 0 Å². The van der Waals surface area contributed by atoms with Crippen LogP contribution in [-0.2, 0) is 0 Å². The predicted octanol–water partition coefficient (Wildman–Crippen LogP) is 2.96. The molecule has 0 saturated heterocycles. The zero-order chi connectivity index (χ0) is 14.9. The highest BCUT2D eigenvalue weighted by molar-refractivity contribution is 6.02. The molecule has 1 heterocycles. The number of benzene rings is 1. The molecule has 1 aromatic rings. The van der Waals surface area contributed by atoms with Crippen LogP contribution in [-0.4, -0.2) is 11.4 Å². The van der Waals surface area contributed by atoms with Crippen LogP contribution >= 0.6 is 0 Å². The van der Waals surface area contributed by atoms with Gasteiger partial charge in [0, 0.05) is 0 Å². The number of fused-ring (bicyclic) bond motifs is 1. The van der Waals surface area contributed by atoms with Crippen LogP contribution in [0.15, 0.2) is 24.3 Å². The van der Waals surface area contributed by atoms with Crippen molar-refractivity contribution in [2.75, 3.05) is 0 Å². The van der Waals surface area contributed by atoms with Crippen LogP contribution < -0.4 is 4.74 Å². The number of nitrogens with zero attached hydrogens (tertiary/aromatic N) is 2. The molecule has 1 aromatic carbocycles. The summed E-state index contributed by atoms with van der Waals surface area (Å²) < 4.78 is 5.92. The number of ether oxygens (including phenoxy) is 1. The summed E-state index contributed by atoms with van der Waals surface area (Å²) in [6.07, 6.45) is 0. The highest BCUT2D eigenvalue weighted by Crippen LogP contribution is 2.42. The van der Waals surface area contributed by atoms with E-state index in [1.54, 1.807) is 25.1 Å². The van der Waals surface area contributed by atoms with E-state index in [1.807, 2.05) is 32.1 Å². The van der Waals surface area contributed by atoms with Crippen LogP contribution in [0.25, 0.3) is 0 Å². The fourth-order valence-electron chi connectivity index (χ4n) is 2.92. The second-order valence-corrected chi connectivity index (χ2v) is 5.64. The van der Waals surface area contributed by atoms with Crippen molar-refractivity contribution in [3.63, 3.8) is 0 Å². The van der Waals surface area contributed by atoms with Crippen molar-refractivity contribution in [2.45, 2.75) is 26.4 Å². The van der Waals surface area contributed by atoms with E-state index in [9.17, 15) is 4.79 Å². The molecule has 0 radical (unpaired) electrons. The number of carbonyl (C=O) groups excluding carboxylic acids is 1. The van der Waals surface area contributed by atoms with Gasteiger partial charge < -0.3 is 4.74 Å². The summed E-state index contributed by atoms with van der Waals surface area (Å²) in [5.41, 5.74) is -0.213. The Labute approximate surface area is 118 Å². The zero-order valence-corrected chi connectivity index (χ0v) is 11.8. The van der Waals surface area contributed by atoms with E-state index in [-0.39, 0.29) is 11.7 Å². The van der Waals surface area contributed by atoms with Gasteiger partial charge in [0.05, 0.1) is 23.6 Å². The minimum absolute atomic E-state index is 0.0557. The second-order valence-electron chi connectivity index (χ2n) is 5.64. The van der Waals surface area contributed by atoms with Crippen molar-refractivity contribution in [2.24, 2.45) is 17.8 Å². The molecule has 4 nitrogen and oxygen atoms in total. The average Bonchev–Trinajstić information content (AvgIpc) is 2.39. The van der Waals surface area contributed by atoms with Crippen molar-refractivity contribution in [3.05, 3.63) is 29.8 Å². The molecule has 2 rings (SSSR count). The van der Waals surface area contributed by atoms with E-state index in [4.69, 9.17) is 15.3 Å². The van der Waals surface area contributed by atoms with E-state index in [0.29, 0.717) is 11.3 Å². The lowest BCUT2D eigenvalue weighted by molar-refractivity contribution is 0.00537. The maximum Gasteiger partial charge on any atom is 0.173 e. The predicted molar refractivity (Wildman–Crippen MR) is 72.8 cm³/mol. The molecule has 0 amide bonds. The first-order valence-corrected chi connectivity index (χ1v) is 6.54. The number of hydrogen-bond donors (Lipinski definition) is 0. The van der Waals surface area contributed by atoms with Crippen molar-refractivity contribution in [3.8, 4) is 17.9 Å². The van der Waals surface area contributed by atoms with Crippen molar-refractivity contribution >= 4 is 5.78 Å². The van der Waals surface area contributed by atoms with E-state index in [1.165, 1.54) is 0 Å². The van der Waals surface area contributed by atoms with Crippen LogP contribution in [0.1, 0.15) is 31.1 Å². The summed E-state index contributed by atoms with van der Waals surface area (Å²) in [7, 11) is 0. The van der Waals surface area contributed by atoms with Crippen LogP contribution in [0, 0.1) is 40.4 Å². The molecule has 1 aliphatic rings. The minimum atomic E-state index is -0.822. The Bertz CT molecular complexity index is 608. The van der Waals surface area contributed by atoms with Crippen LogP contribution in [0.3, 0.4) is 0 Å². The number of para-hydroxylation sites is 1. The molecule has 1 aliphatic heterocycles. The van der Waals surface area contributed by atoms with Crippen LogP contribution in [0.2, 0.25) is 0 Å². The summed E-state index contributed by atoms with van der Waals surface area (Å²) in [6.45, 7) is 5.42. The molecule has 0 fully saturated rings. The second kappa shape index (κ2) is 4.98. The smallest absolute Gasteiger partial charge is 0.173 e. The van der Waals surface area contributed by atoms with Gasteiger partial charge in [0.2, 0.25) is 0 Å². The van der Waals surface area contributed by atoms with Crippen molar-refractivity contribution in [1.29, 1.82) is 10.5 Å². The fraction of sp³-hybridized carbons (Fsp3) is 0.438. The number of rotatable bonds is 2. The highest BCUT2D eigenvalue weighted by atomic mass is 16.5. The maximum absolute atomic E-state index is 12.7. The Morgan fingerprint density at radius 2 is 1.85 bits per heavy atom. The summed E-state index contributed by atoms with van der Waals surface area (Å²) in [5.74, 6) is -1.21. The number of carbonyl (C=O) groups is 1. The van der Waals surface area contributed by atoms with E-state index < -0.39 is 17.4 Å². The largest absolute Gasteiger partial charge is 0.486 e. The normalized spacial score (nSPS) is 21.3. The first-order chi connectivity index (χ1) is 9.42. The first kappa shape index (κ1) is 14.1. The quantitative estimate of drug-likeness (QED) is 0.826. The lowest BCUT2D eigenvalue weighted by Gasteiger charge is -2.41. The van der Waals surface area contributed by atoms with Gasteiger partial charge in [0.1, 0.15) is 17.3 Å². The van der Waals surface area contributed by atoms with Gasteiger partial charge in [-0.25, -0.2) is 0 Å². The molecule has 0 saturated carbocycles. The van der Waals surface area contributed by atoms with Crippen molar-refractivity contribution in [1.82, 2.24) is 0 Å². The monoisotopic (exact) mass is 268 g/mol. The zero-order valence-electron chi connectivity index (χ0n) is 11.8. The van der Waals surface area contributed by atoms with Gasteiger partial charge in [-0.1, -0.05) is 19.1 Å². The number of nitriles is 2. The van der Waals surface area contributed by atoms with E-state index >= 15 is 0 Å². The third-order valence-electron chi connectivity index (χ3n) is 3.89. The summed E-state index contributed by atoms with van der Waals surface area (Å²) >= 11 is 0. The molecule has 0 bridgehead atoms. The van der Waals surface area contributed by atoms with Crippen LogP contribution in [0.5, 0.6) is 5.75 Å². The Balaban J connectivity index is 2.47. The molecular formula is C16H16N2O2. The lowest BCUT2D eigenvalue weighted by atomic mass is 9.70. The number of hydrogen-bond acceptors (Lipinski definition) is 4. The Kier molecular flexibility index (Phi) is 3.51. The van der Waals surface area contributed by atoms with Gasteiger partial charge in [0.15, 0.2) is 5.78 Å². The molecule has 20 heavy (non-hydrogen) atoms. The Morgan fingerprint density at radius 3 is 2.45 bits per heavy atom. The topological polar surface area (TPSA) is 73.9 Å². The van der Waals surface area contributed by atoms with Gasteiger partial charge in [0.25, 0.3) is 0 Å². The molecule has 4 heteroatoms. The molecule has 0 N–H and O–H groups in total. The third-order valence-corrected chi connectivity index (χ3v) is 3.89. The van der Waals surface area contributed by atoms with Gasteiger partial charge in [-0.3, -0.25) is 4.79 Å². The molecule has 0 aliphatic carbocycles. The molecule has 102 valence electrons. The molecular weight excluding hydrogens is 252 g/mol. The molecule has 0 aromatic heterocycles. The number of Topliss-reactive ketones (excluding diaryl/α,β-unsaturated/α-hetero) is 1. The van der Waals surface area contributed by atoms with Gasteiger partial charge in [-0.15, -0.1) is 0 Å². The lowest BCUT2D eigenvalue weighted by Crippen LogP contribution is -2.50. The minimum Gasteiger partial charge on any atom is -0.486 e. The average molecular weight is 268 g/mol. The fourth-order valence-corrected chi connectivity index (χ4v) is 2.92. The maximum atomic E-state index is 12.7. The van der Waals surface area contributed by atoms with Gasteiger partial charge in [-0.2, -0.15) is 10.5 Å². The Hall–Kier alpha value is -2.33. The van der Waals surface area contributed by atoms with Gasteiger partial charge in [-0.05, 0) is 31.9 Å². The van der Waals surface area contributed by atoms with Crippen molar-refractivity contribution < 1.29 is 9.53 Å². The molecule has 2 atom stereocenters. The van der Waals surface area contributed by atoms with E-state index in [2.05, 4.69) is 0 Å². The first-order valence-electron chi connectivity index (χ1n) is 6.54. The Morgan fingerprint density at radius 1 is 1.25 bits per heavy atom. The summed E-state index contributed by atoms with van der Waals surface area (Å²) in [6, 6.07) is 11.0. The van der Waals surface area contributed by atoms with Gasteiger partial charge >= 0.3 is 0 Å². The summed E-state index contributed by atoms with van der Waals surface area (Å²) in [5, 5.41) is 18.1. The highest BCUT2D eigenvalue weighted by Gasteiger charge is 2.47. The number of ketones is 1. The SMILES string of the molecule is CC(C(C#N)C#N)C1C(=O)c2ccccc2OC1(C)C.